The zero-order valence-corrected chi connectivity index (χ0v) is 13.7. The first-order valence-electron chi connectivity index (χ1n) is 8.46. The van der Waals surface area contributed by atoms with Gasteiger partial charge in [-0.25, -0.2) is 0 Å². The molecule has 3 rings (SSSR count). The minimum Gasteiger partial charge on any atom is -0.494 e. The number of hydrogen-bond donors (Lipinski definition) is 1. The molecule has 23 heavy (non-hydrogen) atoms. The molecule has 2 aromatic rings. The Labute approximate surface area is 138 Å². The Hall–Kier alpha value is -1.84. The van der Waals surface area contributed by atoms with Gasteiger partial charge in [0.2, 0.25) is 0 Å². The van der Waals surface area contributed by atoms with Crippen LogP contribution >= 0.6 is 0 Å². The maximum atomic E-state index is 6.06. The lowest BCUT2D eigenvalue weighted by Gasteiger charge is -2.32. The van der Waals surface area contributed by atoms with Gasteiger partial charge >= 0.3 is 0 Å². The number of hydrogen-bond acceptors (Lipinski definition) is 3. The Morgan fingerprint density at radius 2 is 1.91 bits per heavy atom. The third-order valence-corrected chi connectivity index (χ3v) is 4.35. The summed E-state index contributed by atoms with van der Waals surface area (Å²) in [6.45, 7) is 5.33. The van der Waals surface area contributed by atoms with E-state index in [0.717, 1.165) is 31.9 Å². The van der Waals surface area contributed by atoms with Crippen LogP contribution in [-0.4, -0.2) is 32.4 Å². The van der Waals surface area contributed by atoms with Crippen molar-refractivity contribution in [1.82, 2.24) is 5.32 Å². The van der Waals surface area contributed by atoms with Crippen LogP contribution in [0.5, 0.6) is 5.75 Å². The van der Waals surface area contributed by atoms with Gasteiger partial charge in [-0.05, 0) is 30.5 Å². The van der Waals surface area contributed by atoms with Crippen molar-refractivity contribution in [3.63, 3.8) is 0 Å². The average Bonchev–Trinajstić information content (AvgIpc) is 2.63. The predicted molar refractivity (Wildman–Crippen MR) is 93.1 cm³/mol. The highest BCUT2D eigenvalue weighted by Gasteiger charge is 2.27. The van der Waals surface area contributed by atoms with Gasteiger partial charge in [-0.1, -0.05) is 48.5 Å². The van der Waals surface area contributed by atoms with Gasteiger partial charge in [0.15, 0.2) is 0 Å². The summed E-state index contributed by atoms with van der Waals surface area (Å²) in [5, 5.41) is 3.45. The number of benzene rings is 2. The van der Waals surface area contributed by atoms with Crippen LogP contribution in [0.2, 0.25) is 0 Å². The summed E-state index contributed by atoms with van der Waals surface area (Å²) in [6.07, 6.45) is 1.12. The third kappa shape index (κ3) is 4.12. The maximum absolute atomic E-state index is 6.06. The highest BCUT2D eigenvalue weighted by molar-refractivity contribution is 5.36. The lowest BCUT2D eigenvalue weighted by Crippen LogP contribution is -2.42. The number of para-hydroxylation sites is 1. The van der Waals surface area contributed by atoms with Crippen molar-refractivity contribution >= 4 is 0 Å². The monoisotopic (exact) mass is 311 g/mol. The molecule has 0 spiro atoms. The molecule has 1 heterocycles. The summed E-state index contributed by atoms with van der Waals surface area (Å²) >= 11 is 0. The Bertz CT molecular complexity index is 594. The summed E-state index contributed by atoms with van der Waals surface area (Å²) in [7, 11) is 0. The molecule has 0 bridgehead atoms. The molecule has 1 aliphatic rings. The van der Waals surface area contributed by atoms with Crippen LogP contribution in [0.3, 0.4) is 0 Å². The number of rotatable bonds is 6. The first-order chi connectivity index (χ1) is 11.4. The molecule has 0 saturated carbocycles. The molecule has 0 radical (unpaired) electrons. The van der Waals surface area contributed by atoms with Crippen molar-refractivity contribution in [2.24, 2.45) is 0 Å². The second kappa shape index (κ2) is 8.14. The van der Waals surface area contributed by atoms with E-state index in [4.69, 9.17) is 9.47 Å². The minimum absolute atomic E-state index is 0.195. The normalized spacial score (nSPS) is 19.3. The van der Waals surface area contributed by atoms with Crippen LogP contribution in [0.1, 0.15) is 24.0 Å². The lowest BCUT2D eigenvalue weighted by molar-refractivity contribution is 0.0109. The summed E-state index contributed by atoms with van der Waals surface area (Å²) in [6, 6.07) is 19.0. The van der Waals surface area contributed by atoms with Crippen LogP contribution in [0.15, 0.2) is 54.6 Å². The van der Waals surface area contributed by atoms with E-state index in [-0.39, 0.29) is 6.10 Å². The van der Waals surface area contributed by atoms with Gasteiger partial charge in [-0.15, -0.1) is 0 Å². The van der Waals surface area contributed by atoms with Crippen molar-refractivity contribution < 1.29 is 9.47 Å². The van der Waals surface area contributed by atoms with Crippen LogP contribution < -0.4 is 10.1 Å². The molecule has 1 saturated heterocycles. The van der Waals surface area contributed by atoms with E-state index in [1.54, 1.807) is 0 Å². The van der Waals surface area contributed by atoms with Gasteiger partial charge in [-0.3, -0.25) is 0 Å². The molecular weight excluding hydrogens is 286 g/mol. The Kier molecular flexibility index (Phi) is 5.67. The van der Waals surface area contributed by atoms with E-state index in [2.05, 4.69) is 53.8 Å². The van der Waals surface area contributed by atoms with Crippen molar-refractivity contribution in [2.45, 2.75) is 25.4 Å². The maximum Gasteiger partial charge on any atom is 0.122 e. The quantitative estimate of drug-likeness (QED) is 0.887. The van der Waals surface area contributed by atoms with Crippen molar-refractivity contribution in [2.75, 3.05) is 26.3 Å². The first-order valence-corrected chi connectivity index (χ1v) is 8.46. The third-order valence-electron chi connectivity index (χ3n) is 4.35. The second-order valence-corrected chi connectivity index (χ2v) is 5.88. The summed E-state index contributed by atoms with van der Waals surface area (Å²) in [4.78, 5) is 0. The van der Waals surface area contributed by atoms with Gasteiger partial charge < -0.3 is 14.8 Å². The van der Waals surface area contributed by atoms with Gasteiger partial charge in [0.05, 0.1) is 19.3 Å². The number of morpholine rings is 1. The van der Waals surface area contributed by atoms with Crippen molar-refractivity contribution in [1.29, 1.82) is 0 Å². The number of ether oxygens (including phenoxy) is 2. The van der Waals surface area contributed by atoms with Crippen LogP contribution in [0.4, 0.5) is 0 Å². The van der Waals surface area contributed by atoms with E-state index in [1.807, 2.05) is 13.0 Å². The molecule has 3 heteroatoms. The SMILES string of the molecule is CCOc1ccccc1C[C@H](c1ccccc1)[C@H]1CNCCO1. The summed E-state index contributed by atoms with van der Waals surface area (Å²) < 4.78 is 11.9. The van der Waals surface area contributed by atoms with E-state index in [9.17, 15) is 0 Å². The van der Waals surface area contributed by atoms with Crippen LogP contribution in [0.25, 0.3) is 0 Å². The zero-order chi connectivity index (χ0) is 15.9. The zero-order valence-electron chi connectivity index (χ0n) is 13.7. The van der Waals surface area contributed by atoms with Crippen LogP contribution in [-0.2, 0) is 11.2 Å². The molecular formula is C20H25NO2. The molecule has 0 unspecified atom stereocenters. The molecule has 0 amide bonds. The molecule has 0 aliphatic carbocycles. The highest BCUT2D eigenvalue weighted by Crippen LogP contribution is 2.30. The molecule has 2 atom stereocenters. The second-order valence-electron chi connectivity index (χ2n) is 5.88. The fourth-order valence-electron chi connectivity index (χ4n) is 3.21. The molecule has 1 fully saturated rings. The first kappa shape index (κ1) is 16.0. The van der Waals surface area contributed by atoms with E-state index < -0.39 is 0 Å². The Morgan fingerprint density at radius 1 is 1.13 bits per heavy atom. The smallest absolute Gasteiger partial charge is 0.122 e. The van der Waals surface area contributed by atoms with E-state index in [0.29, 0.717) is 12.5 Å². The topological polar surface area (TPSA) is 30.5 Å². The summed E-state index contributed by atoms with van der Waals surface area (Å²) in [5.41, 5.74) is 2.57. The van der Waals surface area contributed by atoms with Gasteiger partial charge in [0, 0.05) is 19.0 Å². The van der Waals surface area contributed by atoms with Crippen LogP contribution in [0, 0.1) is 0 Å². The van der Waals surface area contributed by atoms with E-state index in [1.165, 1.54) is 11.1 Å². The fraction of sp³-hybridized carbons (Fsp3) is 0.400. The predicted octanol–water partition coefficient (Wildman–Crippen LogP) is 3.40. The van der Waals surface area contributed by atoms with Crippen molar-refractivity contribution in [3.8, 4) is 5.75 Å². The molecule has 2 aromatic carbocycles. The average molecular weight is 311 g/mol. The Balaban J connectivity index is 1.86. The lowest BCUT2D eigenvalue weighted by atomic mass is 9.86. The molecule has 0 aromatic heterocycles. The summed E-state index contributed by atoms with van der Waals surface area (Å²) in [5.74, 6) is 1.31. The fourth-order valence-corrected chi connectivity index (χ4v) is 3.21. The van der Waals surface area contributed by atoms with Crippen molar-refractivity contribution in [3.05, 3.63) is 65.7 Å². The Morgan fingerprint density at radius 3 is 2.65 bits per heavy atom. The van der Waals surface area contributed by atoms with Gasteiger partial charge in [0.1, 0.15) is 5.75 Å². The molecule has 1 N–H and O–H groups in total. The molecule has 1 aliphatic heterocycles. The van der Waals surface area contributed by atoms with E-state index >= 15 is 0 Å². The number of nitrogens with one attached hydrogen (secondary N) is 1. The standard InChI is InChI=1S/C20H25NO2/c1-2-22-19-11-7-6-10-17(19)14-18(16-8-4-3-5-9-16)20-15-21-12-13-23-20/h3-11,18,20-21H,2,12-15H2,1H3/t18-,20-/m1/s1. The minimum atomic E-state index is 0.195. The highest BCUT2D eigenvalue weighted by atomic mass is 16.5. The van der Waals surface area contributed by atoms with Gasteiger partial charge in [-0.2, -0.15) is 0 Å². The largest absolute Gasteiger partial charge is 0.494 e. The molecule has 122 valence electrons. The molecule has 3 nitrogen and oxygen atoms in total. The van der Waals surface area contributed by atoms with Gasteiger partial charge in [0.25, 0.3) is 0 Å².